The molecule has 0 unspecified atom stereocenters. The largest absolute Gasteiger partial charge is 0.465 e. The third-order valence-corrected chi connectivity index (χ3v) is 2.74. The quantitative estimate of drug-likeness (QED) is 0.501. The van der Waals surface area contributed by atoms with E-state index in [4.69, 9.17) is 14.2 Å². The summed E-state index contributed by atoms with van der Waals surface area (Å²) in [5.74, 6) is -0.0350. The Hall–Kier alpha value is -0.650. The first kappa shape index (κ1) is 14.4. The van der Waals surface area contributed by atoms with Gasteiger partial charge in [-0.2, -0.15) is 0 Å². The van der Waals surface area contributed by atoms with E-state index in [1.807, 2.05) is 0 Å². The van der Waals surface area contributed by atoms with Gasteiger partial charge in [-0.1, -0.05) is 0 Å². The van der Waals surface area contributed by atoms with Crippen LogP contribution in [-0.4, -0.2) is 52.6 Å². The maximum atomic E-state index is 11.6. The van der Waals surface area contributed by atoms with Crippen LogP contribution in [0.5, 0.6) is 0 Å². The van der Waals surface area contributed by atoms with Crippen molar-refractivity contribution in [1.29, 1.82) is 0 Å². The van der Waals surface area contributed by atoms with E-state index in [-0.39, 0.29) is 11.9 Å². The molecule has 1 aliphatic heterocycles. The molecule has 0 amide bonds. The fraction of sp³-hybridized carbons (Fsp3) is 0.917. The average molecular weight is 245 g/mol. The van der Waals surface area contributed by atoms with Gasteiger partial charge in [0, 0.05) is 26.7 Å². The van der Waals surface area contributed by atoms with Crippen molar-refractivity contribution in [2.24, 2.45) is 5.92 Å². The summed E-state index contributed by atoms with van der Waals surface area (Å²) < 4.78 is 15.3. The molecule has 100 valence electrons. The Morgan fingerprint density at radius 1 is 1.29 bits per heavy atom. The molecule has 1 N–H and O–H groups in total. The SMILES string of the molecule is COCCOCCCOC(=O)[C@@H]1CCCNC1. The van der Waals surface area contributed by atoms with Crippen molar-refractivity contribution in [2.45, 2.75) is 19.3 Å². The summed E-state index contributed by atoms with van der Waals surface area (Å²) in [5.41, 5.74) is 0. The van der Waals surface area contributed by atoms with E-state index in [2.05, 4.69) is 5.32 Å². The minimum Gasteiger partial charge on any atom is -0.465 e. The number of piperidine rings is 1. The number of hydrogen-bond acceptors (Lipinski definition) is 5. The topological polar surface area (TPSA) is 56.8 Å². The van der Waals surface area contributed by atoms with Crippen molar-refractivity contribution in [3.05, 3.63) is 0 Å². The van der Waals surface area contributed by atoms with E-state index in [1.54, 1.807) is 7.11 Å². The molecular weight excluding hydrogens is 222 g/mol. The van der Waals surface area contributed by atoms with Crippen LogP contribution >= 0.6 is 0 Å². The Morgan fingerprint density at radius 3 is 2.88 bits per heavy atom. The zero-order valence-corrected chi connectivity index (χ0v) is 10.6. The van der Waals surface area contributed by atoms with Gasteiger partial charge in [0.15, 0.2) is 0 Å². The van der Waals surface area contributed by atoms with Gasteiger partial charge in [0.25, 0.3) is 0 Å². The van der Waals surface area contributed by atoms with E-state index in [0.717, 1.165) is 32.4 Å². The predicted octanol–water partition coefficient (Wildman–Crippen LogP) is 0.582. The van der Waals surface area contributed by atoms with Gasteiger partial charge < -0.3 is 19.5 Å². The standard InChI is InChI=1S/C12H23NO4/c1-15-8-9-16-6-3-7-17-12(14)11-4-2-5-13-10-11/h11,13H,2-10H2,1H3/t11-/m1/s1. The summed E-state index contributed by atoms with van der Waals surface area (Å²) in [6.45, 7) is 4.02. The zero-order valence-electron chi connectivity index (χ0n) is 10.6. The number of carbonyl (C=O) groups is 1. The minimum atomic E-state index is -0.0749. The molecule has 0 aromatic carbocycles. The molecule has 5 nitrogen and oxygen atoms in total. The molecule has 1 heterocycles. The summed E-state index contributed by atoms with van der Waals surface area (Å²) in [5, 5.41) is 3.20. The number of carbonyl (C=O) groups excluding carboxylic acids is 1. The van der Waals surface area contributed by atoms with Crippen LogP contribution in [0.2, 0.25) is 0 Å². The van der Waals surface area contributed by atoms with Gasteiger partial charge in [-0.25, -0.2) is 0 Å². The lowest BCUT2D eigenvalue weighted by Crippen LogP contribution is -2.35. The van der Waals surface area contributed by atoms with Crippen LogP contribution in [0.15, 0.2) is 0 Å². The third-order valence-electron chi connectivity index (χ3n) is 2.74. The maximum absolute atomic E-state index is 11.6. The van der Waals surface area contributed by atoms with Crippen molar-refractivity contribution in [3.63, 3.8) is 0 Å². The molecule has 0 saturated carbocycles. The van der Waals surface area contributed by atoms with Crippen molar-refractivity contribution >= 4 is 5.97 Å². The van der Waals surface area contributed by atoms with Crippen molar-refractivity contribution in [2.75, 3.05) is 46.6 Å². The lowest BCUT2D eigenvalue weighted by molar-refractivity contribution is -0.149. The van der Waals surface area contributed by atoms with Gasteiger partial charge >= 0.3 is 5.97 Å². The number of methoxy groups -OCH3 is 1. The van der Waals surface area contributed by atoms with E-state index in [1.165, 1.54) is 0 Å². The molecule has 1 atom stereocenters. The first-order chi connectivity index (χ1) is 8.34. The summed E-state index contributed by atoms with van der Waals surface area (Å²) in [6, 6.07) is 0. The summed E-state index contributed by atoms with van der Waals surface area (Å²) in [4.78, 5) is 11.6. The van der Waals surface area contributed by atoms with E-state index in [9.17, 15) is 4.79 Å². The molecule has 1 rings (SSSR count). The molecule has 1 fully saturated rings. The second-order valence-electron chi connectivity index (χ2n) is 4.17. The molecule has 1 aliphatic rings. The smallest absolute Gasteiger partial charge is 0.310 e. The molecule has 0 radical (unpaired) electrons. The first-order valence-corrected chi connectivity index (χ1v) is 6.28. The van der Waals surface area contributed by atoms with Crippen molar-refractivity contribution in [3.8, 4) is 0 Å². The van der Waals surface area contributed by atoms with Crippen molar-refractivity contribution in [1.82, 2.24) is 5.32 Å². The summed E-state index contributed by atoms with van der Waals surface area (Å²) in [6.07, 6.45) is 2.74. The molecule has 0 aliphatic carbocycles. The lowest BCUT2D eigenvalue weighted by Gasteiger charge is -2.21. The van der Waals surface area contributed by atoms with Gasteiger partial charge in [-0.15, -0.1) is 0 Å². The monoisotopic (exact) mass is 245 g/mol. The van der Waals surface area contributed by atoms with Gasteiger partial charge in [-0.05, 0) is 19.4 Å². The van der Waals surface area contributed by atoms with Crippen LogP contribution in [0.3, 0.4) is 0 Å². The highest BCUT2D eigenvalue weighted by atomic mass is 16.5. The Balaban J connectivity index is 1.92. The number of rotatable bonds is 8. The highest BCUT2D eigenvalue weighted by Gasteiger charge is 2.21. The molecule has 0 bridgehead atoms. The molecular formula is C12H23NO4. The van der Waals surface area contributed by atoms with Crippen LogP contribution in [0.4, 0.5) is 0 Å². The van der Waals surface area contributed by atoms with Crippen molar-refractivity contribution < 1.29 is 19.0 Å². The summed E-state index contributed by atoms with van der Waals surface area (Å²) in [7, 11) is 1.64. The van der Waals surface area contributed by atoms with Gasteiger partial charge in [0.05, 0.1) is 25.7 Å². The number of nitrogens with one attached hydrogen (secondary N) is 1. The van der Waals surface area contributed by atoms with E-state index in [0.29, 0.717) is 26.4 Å². The molecule has 0 aromatic rings. The molecule has 5 heteroatoms. The Kier molecular flexibility index (Phi) is 7.96. The van der Waals surface area contributed by atoms with Crippen LogP contribution in [0.25, 0.3) is 0 Å². The number of esters is 1. The third kappa shape index (κ3) is 6.61. The van der Waals surface area contributed by atoms with Crippen LogP contribution in [0.1, 0.15) is 19.3 Å². The Bertz CT molecular complexity index is 205. The fourth-order valence-corrected chi connectivity index (χ4v) is 1.75. The lowest BCUT2D eigenvalue weighted by atomic mass is 10.0. The van der Waals surface area contributed by atoms with Crippen LogP contribution in [-0.2, 0) is 19.0 Å². The zero-order chi connectivity index (χ0) is 12.3. The minimum absolute atomic E-state index is 0.0400. The second kappa shape index (κ2) is 9.39. The van der Waals surface area contributed by atoms with Gasteiger partial charge in [0.1, 0.15) is 0 Å². The number of ether oxygens (including phenoxy) is 3. The first-order valence-electron chi connectivity index (χ1n) is 6.28. The summed E-state index contributed by atoms with van der Waals surface area (Å²) >= 11 is 0. The van der Waals surface area contributed by atoms with Gasteiger partial charge in [-0.3, -0.25) is 4.79 Å². The van der Waals surface area contributed by atoms with E-state index >= 15 is 0 Å². The second-order valence-corrected chi connectivity index (χ2v) is 4.17. The van der Waals surface area contributed by atoms with Crippen LogP contribution in [0, 0.1) is 5.92 Å². The Labute approximate surface area is 103 Å². The molecule has 0 aromatic heterocycles. The van der Waals surface area contributed by atoms with Crippen LogP contribution < -0.4 is 5.32 Å². The highest BCUT2D eigenvalue weighted by molar-refractivity contribution is 5.72. The Morgan fingerprint density at radius 2 is 2.18 bits per heavy atom. The highest BCUT2D eigenvalue weighted by Crippen LogP contribution is 2.11. The van der Waals surface area contributed by atoms with E-state index < -0.39 is 0 Å². The molecule has 0 spiro atoms. The average Bonchev–Trinajstić information content (AvgIpc) is 2.38. The molecule has 17 heavy (non-hydrogen) atoms. The predicted molar refractivity (Wildman–Crippen MR) is 63.9 cm³/mol. The maximum Gasteiger partial charge on any atom is 0.310 e. The molecule has 1 saturated heterocycles. The fourth-order valence-electron chi connectivity index (χ4n) is 1.75. The van der Waals surface area contributed by atoms with Gasteiger partial charge in [0.2, 0.25) is 0 Å². The normalized spacial score (nSPS) is 20.2. The number of hydrogen-bond donors (Lipinski definition) is 1.